The van der Waals surface area contributed by atoms with Gasteiger partial charge in [0.25, 0.3) is 0 Å². The number of aryl methyl sites for hydroxylation is 1. The van der Waals surface area contributed by atoms with Crippen molar-refractivity contribution in [1.29, 1.82) is 0 Å². The van der Waals surface area contributed by atoms with Gasteiger partial charge in [0.2, 0.25) is 0 Å². The molecule has 0 aliphatic heterocycles. The molecule has 1 aliphatic carbocycles. The second kappa shape index (κ2) is 7.38. The molecule has 0 spiro atoms. The Balaban J connectivity index is 0.00000200. The molecule has 1 fully saturated rings. The average molecular weight is 306 g/mol. The van der Waals surface area contributed by atoms with Crippen LogP contribution >= 0.6 is 12.4 Å². The minimum Gasteiger partial charge on any atom is -0.390 e. The molecule has 6 nitrogen and oxygen atoms in total. The van der Waals surface area contributed by atoms with Crippen molar-refractivity contribution in [1.82, 2.24) is 14.9 Å². The maximum absolute atomic E-state index is 9.74. The topological polar surface area (TPSA) is 79.5 Å². The highest BCUT2D eigenvalue weighted by atomic mass is 35.5. The maximum atomic E-state index is 9.74. The summed E-state index contributed by atoms with van der Waals surface area (Å²) in [6.45, 7) is 1.90. The first kappa shape index (κ1) is 17.4. The highest BCUT2D eigenvalue weighted by Crippen LogP contribution is 2.38. The molecule has 3 N–H and O–H groups in total. The van der Waals surface area contributed by atoms with Gasteiger partial charge in [0.1, 0.15) is 5.82 Å². The molecular weight excluding hydrogens is 282 g/mol. The highest BCUT2D eigenvalue weighted by Gasteiger charge is 2.43. The largest absolute Gasteiger partial charge is 0.390 e. The molecule has 7 heteroatoms. The van der Waals surface area contributed by atoms with Gasteiger partial charge in [0.15, 0.2) is 0 Å². The fourth-order valence-corrected chi connectivity index (χ4v) is 2.87. The van der Waals surface area contributed by atoms with Crippen LogP contribution in [0.5, 0.6) is 0 Å². The zero-order valence-electron chi connectivity index (χ0n) is 12.0. The molecule has 1 aromatic heterocycles. The molecular formula is C13H24ClN3O3. The van der Waals surface area contributed by atoms with E-state index in [2.05, 4.69) is 10.3 Å². The number of nitrogens with one attached hydrogen (secondary N) is 1. The van der Waals surface area contributed by atoms with Gasteiger partial charge < -0.3 is 24.8 Å². The Hall–Kier alpha value is -0.660. The summed E-state index contributed by atoms with van der Waals surface area (Å²) >= 11 is 0. The van der Waals surface area contributed by atoms with Crippen molar-refractivity contribution in [2.45, 2.75) is 31.6 Å². The van der Waals surface area contributed by atoms with Crippen LogP contribution in [0.2, 0.25) is 0 Å². The van der Waals surface area contributed by atoms with Gasteiger partial charge in [-0.1, -0.05) is 0 Å². The smallest absolute Gasteiger partial charge is 0.122 e. The van der Waals surface area contributed by atoms with Crippen LogP contribution in [0, 0.1) is 5.41 Å². The van der Waals surface area contributed by atoms with Gasteiger partial charge in [-0.15, -0.1) is 12.4 Å². The molecule has 0 radical (unpaired) electrons. The summed E-state index contributed by atoms with van der Waals surface area (Å²) in [4.78, 5) is 4.25. The van der Waals surface area contributed by atoms with E-state index in [4.69, 9.17) is 4.74 Å². The molecule has 2 rings (SSSR count). The van der Waals surface area contributed by atoms with Crippen LogP contribution in [0.4, 0.5) is 0 Å². The van der Waals surface area contributed by atoms with E-state index in [1.54, 1.807) is 13.3 Å². The monoisotopic (exact) mass is 305 g/mol. The molecule has 0 aromatic carbocycles. The molecule has 3 atom stereocenters. The molecule has 1 saturated carbocycles. The first-order chi connectivity index (χ1) is 9.06. The zero-order valence-corrected chi connectivity index (χ0v) is 12.8. The molecule has 116 valence electrons. The lowest BCUT2D eigenvalue weighted by atomic mass is 9.86. The summed E-state index contributed by atoms with van der Waals surface area (Å²) in [5, 5.41) is 22.8. The molecule has 20 heavy (non-hydrogen) atoms. The summed E-state index contributed by atoms with van der Waals surface area (Å²) in [6.07, 6.45) is 3.51. The van der Waals surface area contributed by atoms with Gasteiger partial charge in [-0.05, 0) is 12.8 Å². The lowest BCUT2D eigenvalue weighted by Gasteiger charge is -2.28. The van der Waals surface area contributed by atoms with Crippen molar-refractivity contribution in [3.63, 3.8) is 0 Å². The first-order valence-corrected chi connectivity index (χ1v) is 6.58. The molecule has 0 amide bonds. The molecule has 1 unspecified atom stereocenters. The number of nitrogens with zero attached hydrogens (tertiary/aromatic N) is 2. The third-order valence-corrected chi connectivity index (χ3v) is 3.88. The third kappa shape index (κ3) is 3.93. The Kier molecular flexibility index (Phi) is 6.42. The van der Waals surface area contributed by atoms with Crippen molar-refractivity contribution in [2.24, 2.45) is 12.5 Å². The molecule has 1 aliphatic rings. The Bertz CT molecular complexity index is 403. The lowest BCUT2D eigenvalue weighted by Crippen LogP contribution is -2.37. The molecule has 0 saturated heterocycles. The standard InChI is InChI=1S/C13H23N3O3.ClH/c1-16-4-3-15-12(16)7-14-8-13(9-19-2)5-10(17)11(18)6-13;/h3-4,10-11,14,17-18H,5-9H2,1-2H3;1H/t10-,11+,13?;. The van der Waals surface area contributed by atoms with E-state index < -0.39 is 12.2 Å². The second-order valence-electron chi connectivity index (χ2n) is 5.53. The van der Waals surface area contributed by atoms with Crippen molar-refractivity contribution in [3.05, 3.63) is 18.2 Å². The Labute approximate surface area is 125 Å². The fourth-order valence-electron chi connectivity index (χ4n) is 2.87. The van der Waals surface area contributed by atoms with Crippen LogP contribution in [0.3, 0.4) is 0 Å². The van der Waals surface area contributed by atoms with Crippen LogP contribution in [-0.4, -0.2) is 52.2 Å². The highest BCUT2D eigenvalue weighted by molar-refractivity contribution is 5.85. The minimum absolute atomic E-state index is 0. The quantitative estimate of drug-likeness (QED) is 0.694. The van der Waals surface area contributed by atoms with Crippen molar-refractivity contribution >= 4 is 12.4 Å². The van der Waals surface area contributed by atoms with Crippen LogP contribution in [-0.2, 0) is 18.3 Å². The van der Waals surface area contributed by atoms with E-state index in [0.29, 0.717) is 32.5 Å². The van der Waals surface area contributed by atoms with Crippen LogP contribution in [0.1, 0.15) is 18.7 Å². The molecule has 0 bridgehead atoms. The second-order valence-corrected chi connectivity index (χ2v) is 5.53. The normalized spacial score (nSPS) is 29.4. The molecule has 1 aromatic rings. The summed E-state index contributed by atoms with van der Waals surface area (Å²) in [7, 11) is 3.61. The summed E-state index contributed by atoms with van der Waals surface area (Å²) in [5.41, 5.74) is -0.196. The summed E-state index contributed by atoms with van der Waals surface area (Å²) in [6, 6.07) is 0. The number of aliphatic hydroxyl groups is 2. The molecule has 1 heterocycles. The van der Waals surface area contributed by atoms with E-state index >= 15 is 0 Å². The SMILES string of the molecule is COCC1(CNCc2nccn2C)C[C@@H](O)[C@@H](O)C1.Cl. The number of hydrogen-bond donors (Lipinski definition) is 3. The van der Waals surface area contributed by atoms with Crippen molar-refractivity contribution < 1.29 is 14.9 Å². The number of ether oxygens (including phenoxy) is 1. The van der Waals surface area contributed by atoms with Gasteiger partial charge in [-0.2, -0.15) is 0 Å². The summed E-state index contributed by atoms with van der Waals surface area (Å²) < 4.78 is 7.22. The van der Waals surface area contributed by atoms with E-state index in [1.165, 1.54) is 0 Å². The van der Waals surface area contributed by atoms with E-state index in [-0.39, 0.29) is 17.8 Å². The maximum Gasteiger partial charge on any atom is 0.122 e. The predicted molar refractivity (Wildman–Crippen MR) is 77.7 cm³/mol. The number of aliphatic hydroxyl groups excluding tert-OH is 2. The zero-order chi connectivity index (χ0) is 13.9. The first-order valence-electron chi connectivity index (χ1n) is 6.58. The van der Waals surface area contributed by atoms with Crippen LogP contribution < -0.4 is 5.32 Å². The van der Waals surface area contributed by atoms with E-state index in [1.807, 2.05) is 17.8 Å². The third-order valence-electron chi connectivity index (χ3n) is 3.88. The van der Waals surface area contributed by atoms with Gasteiger partial charge >= 0.3 is 0 Å². The van der Waals surface area contributed by atoms with Crippen molar-refractivity contribution in [2.75, 3.05) is 20.3 Å². The average Bonchev–Trinajstić information content (AvgIpc) is 2.86. The number of aromatic nitrogens is 2. The number of imidazole rings is 1. The van der Waals surface area contributed by atoms with Gasteiger partial charge in [0.05, 0.1) is 25.4 Å². The van der Waals surface area contributed by atoms with Crippen LogP contribution in [0.15, 0.2) is 12.4 Å². The van der Waals surface area contributed by atoms with Gasteiger partial charge in [0, 0.05) is 38.5 Å². The Morgan fingerprint density at radius 3 is 2.60 bits per heavy atom. The number of hydrogen-bond acceptors (Lipinski definition) is 5. The fraction of sp³-hybridized carbons (Fsp3) is 0.769. The van der Waals surface area contributed by atoms with Crippen LogP contribution in [0.25, 0.3) is 0 Å². The number of methoxy groups -OCH3 is 1. The Morgan fingerprint density at radius 1 is 1.45 bits per heavy atom. The lowest BCUT2D eigenvalue weighted by molar-refractivity contribution is 0.0438. The number of rotatable bonds is 6. The summed E-state index contributed by atoms with van der Waals surface area (Å²) in [5.74, 6) is 0.965. The van der Waals surface area contributed by atoms with E-state index in [0.717, 1.165) is 5.82 Å². The van der Waals surface area contributed by atoms with Gasteiger partial charge in [-0.25, -0.2) is 4.98 Å². The van der Waals surface area contributed by atoms with Gasteiger partial charge in [-0.3, -0.25) is 0 Å². The number of halogens is 1. The predicted octanol–water partition coefficient (Wildman–Crippen LogP) is 0.0799. The van der Waals surface area contributed by atoms with E-state index in [9.17, 15) is 10.2 Å². The Morgan fingerprint density at radius 2 is 2.10 bits per heavy atom. The minimum atomic E-state index is -0.648. The van der Waals surface area contributed by atoms with Crippen molar-refractivity contribution in [3.8, 4) is 0 Å².